The van der Waals surface area contributed by atoms with Crippen molar-refractivity contribution < 1.29 is 14.2 Å². The predicted molar refractivity (Wildman–Crippen MR) is 75.3 cm³/mol. The molecule has 0 saturated heterocycles. The van der Waals surface area contributed by atoms with Gasteiger partial charge < -0.3 is 14.2 Å². The number of hydrogen-bond donors (Lipinski definition) is 0. The summed E-state index contributed by atoms with van der Waals surface area (Å²) in [5.41, 5.74) is 3.70. The molecule has 0 aliphatic rings. The number of hydrogen-bond acceptors (Lipinski definition) is 3. The van der Waals surface area contributed by atoms with Crippen molar-refractivity contribution in [2.24, 2.45) is 0 Å². The molecule has 0 fully saturated rings. The van der Waals surface area contributed by atoms with Crippen LogP contribution < -0.4 is 4.74 Å². The van der Waals surface area contributed by atoms with Crippen molar-refractivity contribution in [2.45, 2.75) is 13.3 Å². The van der Waals surface area contributed by atoms with E-state index in [0.29, 0.717) is 33.0 Å². The van der Waals surface area contributed by atoms with E-state index in [9.17, 15) is 0 Å². The lowest BCUT2D eigenvalue weighted by Crippen LogP contribution is -2.10. The molecule has 1 aromatic rings. The zero-order valence-corrected chi connectivity index (χ0v) is 11.4. The van der Waals surface area contributed by atoms with Gasteiger partial charge in [-0.05, 0) is 36.8 Å². The third-order valence-electron chi connectivity index (χ3n) is 2.52. The molecule has 3 nitrogen and oxygen atoms in total. The van der Waals surface area contributed by atoms with Crippen molar-refractivity contribution in [3.05, 3.63) is 48.2 Å². The molecule has 1 aromatic carbocycles. The van der Waals surface area contributed by atoms with Crippen molar-refractivity contribution >= 4 is 0 Å². The average Bonchev–Trinajstić information content (AvgIpc) is 2.46. The van der Waals surface area contributed by atoms with E-state index in [0.717, 1.165) is 12.2 Å². The van der Waals surface area contributed by atoms with E-state index in [1.54, 1.807) is 6.08 Å². The molecular weight excluding hydrogens is 240 g/mol. The maximum Gasteiger partial charge on any atom is 0.119 e. The molecule has 0 aromatic heterocycles. The van der Waals surface area contributed by atoms with Crippen molar-refractivity contribution in [1.29, 1.82) is 0 Å². The summed E-state index contributed by atoms with van der Waals surface area (Å²) in [5.74, 6) is 0.876. The summed E-state index contributed by atoms with van der Waals surface area (Å²) >= 11 is 0. The van der Waals surface area contributed by atoms with E-state index < -0.39 is 0 Å². The fraction of sp³-hybridized carbons (Fsp3) is 0.438. The first kappa shape index (κ1) is 15.5. The summed E-state index contributed by atoms with van der Waals surface area (Å²) in [4.78, 5) is 0. The summed E-state index contributed by atoms with van der Waals surface area (Å²) in [6, 6.07) is 8.12. The molecule has 0 heterocycles. The van der Waals surface area contributed by atoms with Gasteiger partial charge in [0, 0.05) is 0 Å². The van der Waals surface area contributed by atoms with Crippen molar-refractivity contribution in [1.82, 2.24) is 0 Å². The van der Waals surface area contributed by atoms with Crippen LogP contribution in [0.1, 0.15) is 12.5 Å². The van der Waals surface area contributed by atoms with Crippen LogP contribution in [0.15, 0.2) is 36.1 Å². The first-order valence-electron chi connectivity index (χ1n) is 6.52. The van der Waals surface area contributed by atoms with E-state index in [-0.39, 0.29) is 0 Å². The smallest absolute Gasteiger partial charge is 0.119 e. The molecule has 0 spiro atoms. The van der Waals surface area contributed by atoms with Crippen LogP contribution in [0.4, 0.5) is 0 Å². The van der Waals surface area contributed by atoms with Gasteiger partial charge in [0.15, 0.2) is 0 Å². The Morgan fingerprint density at radius 1 is 1.05 bits per heavy atom. The van der Waals surface area contributed by atoms with Gasteiger partial charge in [0.25, 0.3) is 0 Å². The Kier molecular flexibility index (Phi) is 8.48. The van der Waals surface area contributed by atoms with Gasteiger partial charge in [-0.15, -0.1) is 5.73 Å². The minimum absolute atomic E-state index is 0.472. The van der Waals surface area contributed by atoms with Gasteiger partial charge in [0.05, 0.1) is 26.4 Å². The van der Waals surface area contributed by atoms with Gasteiger partial charge in [-0.2, -0.15) is 0 Å². The molecule has 3 heteroatoms. The molecule has 0 unspecified atom stereocenters. The number of rotatable bonds is 10. The van der Waals surface area contributed by atoms with Crippen LogP contribution in [0, 0.1) is 6.58 Å². The molecule has 0 aliphatic carbocycles. The van der Waals surface area contributed by atoms with Crippen LogP contribution in [0.3, 0.4) is 0 Å². The lowest BCUT2D eigenvalue weighted by Gasteiger charge is -2.07. The van der Waals surface area contributed by atoms with E-state index in [1.165, 1.54) is 5.56 Å². The Morgan fingerprint density at radius 3 is 2.42 bits per heavy atom. The molecule has 19 heavy (non-hydrogen) atoms. The summed E-state index contributed by atoms with van der Waals surface area (Å²) in [5, 5.41) is 0. The Hall–Kier alpha value is -1.54. The lowest BCUT2D eigenvalue weighted by atomic mass is 10.2. The molecule has 0 N–H and O–H groups in total. The largest absolute Gasteiger partial charge is 0.491 e. The van der Waals surface area contributed by atoms with Crippen molar-refractivity contribution in [3.8, 4) is 5.75 Å². The summed E-state index contributed by atoms with van der Waals surface area (Å²) in [7, 11) is 0. The first-order valence-corrected chi connectivity index (χ1v) is 6.52. The average molecular weight is 261 g/mol. The van der Waals surface area contributed by atoms with Crippen LogP contribution in [0.5, 0.6) is 5.75 Å². The van der Waals surface area contributed by atoms with E-state index in [2.05, 4.69) is 24.8 Å². The maximum absolute atomic E-state index is 5.55. The van der Waals surface area contributed by atoms with Crippen molar-refractivity contribution in [2.75, 3.05) is 33.0 Å². The quantitative estimate of drug-likeness (QED) is 0.479. The summed E-state index contributed by atoms with van der Waals surface area (Å²) < 4.78 is 16.1. The highest BCUT2D eigenvalue weighted by Crippen LogP contribution is 2.12. The van der Waals surface area contributed by atoms with Gasteiger partial charge in [-0.25, -0.2) is 0 Å². The Balaban J connectivity index is 1.99. The molecule has 0 aliphatic heterocycles. The normalized spacial score (nSPS) is 9.95. The molecule has 0 bridgehead atoms. The van der Waals surface area contributed by atoms with Crippen LogP contribution in [-0.4, -0.2) is 33.0 Å². The van der Waals surface area contributed by atoms with Gasteiger partial charge >= 0.3 is 0 Å². The highest BCUT2D eigenvalue weighted by atomic mass is 16.5. The van der Waals surface area contributed by atoms with Crippen LogP contribution >= 0.6 is 0 Å². The van der Waals surface area contributed by atoms with Crippen LogP contribution in [0.2, 0.25) is 0 Å². The third-order valence-corrected chi connectivity index (χ3v) is 2.52. The highest BCUT2D eigenvalue weighted by molar-refractivity contribution is 5.27. The topological polar surface area (TPSA) is 27.7 Å². The van der Waals surface area contributed by atoms with E-state index >= 15 is 0 Å². The second-order valence-corrected chi connectivity index (χ2v) is 3.90. The summed E-state index contributed by atoms with van der Waals surface area (Å²) in [6.45, 7) is 9.85. The molecule has 0 saturated carbocycles. The summed E-state index contributed by atoms with van der Waals surface area (Å²) in [6.07, 6.45) is 2.67. The van der Waals surface area contributed by atoms with Crippen LogP contribution in [0.25, 0.3) is 0 Å². The van der Waals surface area contributed by atoms with Crippen LogP contribution in [-0.2, 0) is 15.9 Å². The Morgan fingerprint density at radius 2 is 1.74 bits per heavy atom. The fourth-order valence-electron chi connectivity index (χ4n) is 1.45. The molecule has 0 amide bonds. The first-order chi connectivity index (χ1) is 9.36. The fourth-order valence-corrected chi connectivity index (χ4v) is 1.45. The van der Waals surface area contributed by atoms with Gasteiger partial charge in [0.1, 0.15) is 12.4 Å². The number of ether oxygens (including phenoxy) is 3. The Bertz CT molecular complexity index is 377. The van der Waals surface area contributed by atoms with Gasteiger partial charge in [-0.1, -0.05) is 19.1 Å². The zero-order chi connectivity index (χ0) is 13.8. The maximum atomic E-state index is 5.55. The molecule has 103 valence electrons. The van der Waals surface area contributed by atoms with E-state index in [4.69, 9.17) is 20.8 Å². The molecule has 0 atom stereocenters. The SMILES string of the molecule is [CH]=C=CCOCCOCCOc1ccc(CC)cc1. The van der Waals surface area contributed by atoms with E-state index in [1.807, 2.05) is 12.1 Å². The molecular formula is C16H21O3. The van der Waals surface area contributed by atoms with Gasteiger partial charge in [0.2, 0.25) is 0 Å². The third kappa shape index (κ3) is 7.47. The molecule has 1 radical (unpaired) electrons. The lowest BCUT2D eigenvalue weighted by molar-refractivity contribution is 0.0449. The monoisotopic (exact) mass is 261 g/mol. The van der Waals surface area contributed by atoms with Gasteiger partial charge in [-0.3, -0.25) is 0 Å². The van der Waals surface area contributed by atoms with Crippen molar-refractivity contribution in [3.63, 3.8) is 0 Å². The number of aryl methyl sites for hydroxylation is 1. The number of benzene rings is 1. The minimum atomic E-state index is 0.472. The second-order valence-electron chi connectivity index (χ2n) is 3.90. The predicted octanol–water partition coefficient (Wildman–Crippen LogP) is 2.81. The highest BCUT2D eigenvalue weighted by Gasteiger charge is 1.94. The Labute approximate surface area is 115 Å². The minimum Gasteiger partial charge on any atom is -0.491 e. The second kappa shape index (κ2) is 10.4. The molecule has 1 rings (SSSR count). The standard InChI is InChI=1S/C16H21O3/c1-3-5-10-17-11-12-18-13-14-19-16-8-6-15(4-2)7-9-16/h1,5-9H,4,10-14H2,2H3. The zero-order valence-electron chi connectivity index (χ0n) is 11.4.